The fraction of sp³-hybridized carbons (Fsp3) is 0.312. The third kappa shape index (κ3) is 3.70. The fourth-order valence-electron chi connectivity index (χ4n) is 2.15. The zero-order valence-electron chi connectivity index (χ0n) is 12.4. The van der Waals surface area contributed by atoms with E-state index in [1.165, 1.54) is 25.3 Å². The van der Waals surface area contributed by atoms with Crippen molar-refractivity contribution in [3.63, 3.8) is 0 Å². The zero-order chi connectivity index (χ0) is 15.4. The molecule has 4 nitrogen and oxygen atoms in total. The molecule has 0 radical (unpaired) electrons. The summed E-state index contributed by atoms with van der Waals surface area (Å²) < 4.78 is 23.6. The number of benzene rings is 1. The normalized spacial score (nSPS) is 10.9. The molecule has 0 aliphatic carbocycles. The van der Waals surface area contributed by atoms with E-state index >= 15 is 0 Å². The van der Waals surface area contributed by atoms with Gasteiger partial charge in [-0.05, 0) is 38.2 Å². The maximum atomic E-state index is 13.3. The number of likely N-dealkylation sites (N-methyl/N-ethyl adjacent to an activating group) is 1. The first kappa shape index (κ1) is 15.3. The molecule has 5 heteroatoms. The van der Waals surface area contributed by atoms with E-state index in [2.05, 4.69) is 0 Å². The van der Waals surface area contributed by atoms with Crippen molar-refractivity contribution in [1.29, 1.82) is 0 Å². The molecule has 0 aliphatic heterocycles. The van der Waals surface area contributed by atoms with Crippen LogP contribution in [0.15, 0.2) is 34.9 Å². The number of rotatable bonds is 6. The summed E-state index contributed by atoms with van der Waals surface area (Å²) in [6, 6.07) is 5.81. The average molecular weight is 291 g/mol. The minimum atomic E-state index is -0.451. The van der Waals surface area contributed by atoms with Crippen LogP contribution in [0.25, 0.3) is 0 Å². The zero-order valence-corrected chi connectivity index (χ0v) is 12.4. The average Bonchev–Trinajstić information content (AvgIpc) is 2.84. The first-order valence-corrected chi connectivity index (χ1v) is 6.59. The highest BCUT2D eigenvalue weighted by Crippen LogP contribution is 2.20. The number of halogens is 1. The molecule has 112 valence electrons. The van der Waals surface area contributed by atoms with Crippen LogP contribution in [-0.4, -0.2) is 31.4 Å². The summed E-state index contributed by atoms with van der Waals surface area (Å²) in [5, 5.41) is 0. The van der Waals surface area contributed by atoms with Gasteiger partial charge in [-0.2, -0.15) is 0 Å². The van der Waals surface area contributed by atoms with Gasteiger partial charge in [0.1, 0.15) is 17.3 Å². The summed E-state index contributed by atoms with van der Waals surface area (Å²) in [6.45, 7) is 2.64. The molecule has 0 spiro atoms. The molecule has 1 aromatic heterocycles. The van der Waals surface area contributed by atoms with Gasteiger partial charge in [-0.3, -0.25) is 9.69 Å². The molecule has 0 aliphatic rings. The minimum absolute atomic E-state index is 0.171. The van der Waals surface area contributed by atoms with E-state index in [0.29, 0.717) is 12.3 Å². The summed E-state index contributed by atoms with van der Waals surface area (Å²) in [7, 11) is 3.29. The molecule has 0 amide bonds. The van der Waals surface area contributed by atoms with E-state index in [1.54, 1.807) is 6.26 Å². The number of ketones is 1. The molecule has 2 rings (SSSR count). The summed E-state index contributed by atoms with van der Waals surface area (Å²) in [5.41, 5.74) is 1.28. The van der Waals surface area contributed by atoms with Crippen molar-refractivity contribution < 1.29 is 18.3 Å². The monoisotopic (exact) mass is 291 g/mol. The lowest BCUT2D eigenvalue weighted by atomic mass is 10.1. The van der Waals surface area contributed by atoms with Crippen LogP contribution in [-0.2, 0) is 6.54 Å². The summed E-state index contributed by atoms with van der Waals surface area (Å²) >= 11 is 0. The Balaban J connectivity index is 2.07. The van der Waals surface area contributed by atoms with Crippen molar-refractivity contribution in [3.05, 3.63) is 53.2 Å². The number of hydrogen-bond acceptors (Lipinski definition) is 4. The van der Waals surface area contributed by atoms with E-state index in [0.717, 1.165) is 11.3 Å². The van der Waals surface area contributed by atoms with Crippen LogP contribution in [0.1, 0.15) is 21.7 Å². The molecular weight excluding hydrogens is 273 g/mol. The van der Waals surface area contributed by atoms with E-state index in [-0.39, 0.29) is 17.9 Å². The lowest BCUT2D eigenvalue weighted by molar-refractivity contribution is 0.0939. The van der Waals surface area contributed by atoms with Crippen LogP contribution in [0, 0.1) is 12.7 Å². The first-order valence-electron chi connectivity index (χ1n) is 6.59. The molecule has 0 bridgehead atoms. The SMILES string of the molecule is COc1ccc(F)cc1C(=O)CN(C)Cc1ccoc1C. The van der Waals surface area contributed by atoms with Crippen LogP contribution < -0.4 is 4.74 Å². The van der Waals surface area contributed by atoms with Gasteiger partial charge >= 0.3 is 0 Å². The highest BCUT2D eigenvalue weighted by Gasteiger charge is 2.16. The number of carbonyl (C=O) groups excluding carboxylic acids is 1. The Morgan fingerprint density at radius 2 is 2.14 bits per heavy atom. The highest BCUT2D eigenvalue weighted by molar-refractivity contribution is 6.00. The van der Waals surface area contributed by atoms with E-state index in [4.69, 9.17) is 9.15 Å². The number of Topliss-reactive ketones (excluding diaryl/α,β-unsaturated/α-hetero) is 1. The number of ether oxygens (including phenoxy) is 1. The van der Waals surface area contributed by atoms with Gasteiger partial charge in [-0.1, -0.05) is 0 Å². The Kier molecular flexibility index (Phi) is 4.75. The molecule has 0 N–H and O–H groups in total. The molecule has 2 aromatic rings. The second-order valence-corrected chi connectivity index (χ2v) is 4.94. The second kappa shape index (κ2) is 6.54. The van der Waals surface area contributed by atoms with E-state index in [9.17, 15) is 9.18 Å². The molecular formula is C16H18FNO3. The molecule has 0 fully saturated rings. The van der Waals surface area contributed by atoms with Gasteiger partial charge in [0, 0.05) is 12.1 Å². The Labute approximate surface area is 123 Å². The largest absolute Gasteiger partial charge is 0.496 e. The van der Waals surface area contributed by atoms with Gasteiger partial charge in [0.25, 0.3) is 0 Å². The van der Waals surface area contributed by atoms with Crippen LogP contribution in [0.3, 0.4) is 0 Å². The molecule has 1 heterocycles. The van der Waals surface area contributed by atoms with Gasteiger partial charge < -0.3 is 9.15 Å². The minimum Gasteiger partial charge on any atom is -0.496 e. The lowest BCUT2D eigenvalue weighted by Gasteiger charge is -2.16. The van der Waals surface area contributed by atoms with Gasteiger partial charge in [0.05, 0.1) is 25.5 Å². The topological polar surface area (TPSA) is 42.7 Å². The Hall–Kier alpha value is -2.14. The third-order valence-electron chi connectivity index (χ3n) is 3.28. The Morgan fingerprint density at radius 1 is 1.38 bits per heavy atom. The van der Waals surface area contributed by atoms with Gasteiger partial charge in [0.15, 0.2) is 5.78 Å². The molecule has 0 saturated heterocycles. The van der Waals surface area contributed by atoms with Crippen molar-refractivity contribution in [1.82, 2.24) is 4.90 Å². The quantitative estimate of drug-likeness (QED) is 0.767. The van der Waals surface area contributed by atoms with Crippen LogP contribution >= 0.6 is 0 Å². The smallest absolute Gasteiger partial charge is 0.180 e. The van der Waals surface area contributed by atoms with Crippen LogP contribution in [0.5, 0.6) is 5.75 Å². The predicted octanol–water partition coefficient (Wildman–Crippen LogP) is 3.05. The Bertz CT molecular complexity index is 636. The van der Waals surface area contributed by atoms with E-state index < -0.39 is 5.82 Å². The van der Waals surface area contributed by atoms with Crippen molar-refractivity contribution in [2.75, 3.05) is 20.7 Å². The number of methoxy groups -OCH3 is 1. The fourth-order valence-corrected chi connectivity index (χ4v) is 2.15. The molecule has 0 atom stereocenters. The summed E-state index contributed by atoms with van der Waals surface area (Å²) in [4.78, 5) is 14.1. The van der Waals surface area contributed by atoms with Crippen molar-refractivity contribution in [2.24, 2.45) is 0 Å². The van der Waals surface area contributed by atoms with Crippen molar-refractivity contribution in [2.45, 2.75) is 13.5 Å². The number of hydrogen-bond donors (Lipinski definition) is 0. The molecule has 0 saturated carbocycles. The van der Waals surface area contributed by atoms with Crippen molar-refractivity contribution >= 4 is 5.78 Å². The summed E-state index contributed by atoms with van der Waals surface area (Å²) in [5.74, 6) is 0.578. The number of nitrogens with zero attached hydrogens (tertiary/aromatic N) is 1. The van der Waals surface area contributed by atoms with Crippen LogP contribution in [0.4, 0.5) is 4.39 Å². The van der Waals surface area contributed by atoms with Crippen LogP contribution in [0.2, 0.25) is 0 Å². The maximum absolute atomic E-state index is 13.3. The third-order valence-corrected chi connectivity index (χ3v) is 3.28. The molecule has 0 unspecified atom stereocenters. The Morgan fingerprint density at radius 3 is 2.76 bits per heavy atom. The van der Waals surface area contributed by atoms with Gasteiger partial charge in [-0.25, -0.2) is 4.39 Å². The molecule has 21 heavy (non-hydrogen) atoms. The lowest BCUT2D eigenvalue weighted by Crippen LogP contribution is -2.26. The van der Waals surface area contributed by atoms with Gasteiger partial charge in [-0.15, -0.1) is 0 Å². The summed E-state index contributed by atoms with van der Waals surface area (Å²) in [6.07, 6.45) is 1.62. The number of aryl methyl sites for hydroxylation is 1. The first-order chi connectivity index (χ1) is 10.0. The predicted molar refractivity (Wildman–Crippen MR) is 77.1 cm³/mol. The standard InChI is InChI=1S/C16H18FNO3/c1-11-12(6-7-21-11)9-18(2)10-15(19)14-8-13(17)4-5-16(14)20-3/h4-8H,9-10H2,1-3H3. The van der Waals surface area contributed by atoms with Crippen molar-refractivity contribution in [3.8, 4) is 5.75 Å². The maximum Gasteiger partial charge on any atom is 0.180 e. The van der Waals surface area contributed by atoms with Gasteiger partial charge in [0.2, 0.25) is 0 Å². The second-order valence-electron chi connectivity index (χ2n) is 4.94. The van der Waals surface area contributed by atoms with E-state index in [1.807, 2.05) is 24.9 Å². The number of carbonyl (C=O) groups is 1. The highest BCUT2D eigenvalue weighted by atomic mass is 19.1. The molecule has 1 aromatic carbocycles. The number of furan rings is 1.